The lowest BCUT2D eigenvalue weighted by Gasteiger charge is -2.26. The average Bonchev–Trinajstić information content (AvgIpc) is 2.38. The van der Waals surface area contributed by atoms with Gasteiger partial charge in [-0.15, -0.1) is 0 Å². The van der Waals surface area contributed by atoms with E-state index in [1.165, 1.54) is 5.56 Å². The van der Waals surface area contributed by atoms with Gasteiger partial charge in [0.25, 0.3) is 0 Å². The van der Waals surface area contributed by atoms with Gasteiger partial charge in [-0.25, -0.2) is 0 Å². The number of hydrogen-bond acceptors (Lipinski definition) is 2. The SMILES string of the molecule is Cc1ccc(C(C)(O)c2ccc(C#N)cc2)c(C)c1. The Labute approximate surface area is 114 Å². The normalized spacial score (nSPS) is 13.6. The van der Waals surface area contributed by atoms with Crippen molar-refractivity contribution in [2.45, 2.75) is 26.4 Å². The molecule has 0 heterocycles. The predicted molar refractivity (Wildman–Crippen MR) is 75.7 cm³/mol. The molecule has 0 aliphatic heterocycles. The zero-order chi connectivity index (χ0) is 14.0. The van der Waals surface area contributed by atoms with Crippen LogP contribution in [0.3, 0.4) is 0 Å². The summed E-state index contributed by atoms with van der Waals surface area (Å²) < 4.78 is 0. The van der Waals surface area contributed by atoms with Crippen molar-refractivity contribution in [3.05, 3.63) is 70.3 Å². The summed E-state index contributed by atoms with van der Waals surface area (Å²) in [5.41, 5.74) is 3.47. The third-order valence-electron chi connectivity index (χ3n) is 3.48. The Hall–Kier alpha value is -2.11. The molecule has 1 atom stereocenters. The molecule has 19 heavy (non-hydrogen) atoms. The molecule has 0 radical (unpaired) electrons. The highest BCUT2D eigenvalue weighted by Crippen LogP contribution is 2.31. The van der Waals surface area contributed by atoms with Gasteiger partial charge in [0, 0.05) is 0 Å². The van der Waals surface area contributed by atoms with Gasteiger partial charge in [0.15, 0.2) is 0 Å². The third-order valence-corrected chi connectivity index (χ3v) is 3.48. The molecule has 1 N–H and O–H groups in total. The molecule has 2 rings (SSSR count). The first-order valence-corrected chi connectivity index (χ1v) is 6.26. The molecule has 96 valence electrons. The molecule has 0 aliphatic carbocycles. The van der Waals surface area contributed by atoms with Crippen molar-refractivity contribution in [2.75, 3.05) is 0 Å². The second-order valence-corrected chi connectivity index (χ2v) is 5.08. The summed E-state index contributed by atoms with van der Waals surface area (Å²) in [6.45, 7) is 5.82. The largest absolute Gasteiger partial charge is 0.381 e. The summed E-state index contributed by atoms with van der Waals surface area (Å²) >= 11 is 0. The van der Waals surface area contributed by atoms with Crippen molar-refractivity contribution in [3.63, 3.8) is 0 Å². The molecule has 0 aromatic heterocycles. The molecule has 0 fully saturated rings. The first kappa shape index (κ1) is 13.3. The van der Waals surface area contributed by atoms with Crippen LogP contribution in [0.25, 0.3) is 0 Å². The van der Waals surface area contributed by atoms with E-state index in [2.05, 4.69) is 12.1 Å². The van der Waals surface area contributed by atoms with E-state index in [0.29, 0.717) is 5.56 Å². The summed E-state index contributed by atoms with van der Waals surface area (Å²) in [6.07, 6.45) is 0. The lowest BCUT2D eigenvalue weighted by Crippen LogP contribution is -2.24. The van der Waals surface area contributed by atoms with E-state index < -0.39 is 5.60 Å². The molecule has 2 heteroatoms. The summed E-state index contributed by atoms with van der Waals surface area (Å²) in [4.78, 5) is 0. The molecule has 0 aliphatic rings. The van der Waals surface area contributed by atoms with Crippen LogP contribution >= 0.6 is 0 Å². The zero-order valence-electron chi connectivity index (χ0n) is 11.4. The molecule has 2 nitrogen and oxygen atoms in total. The molecule has 0 spiro atoms. The summed E-state index contributed by atoms with van der Waals surface area (Å²) in [7, 11) is 0. The van der Waals surface area contributed by atoms with Gasteiger partial charge in [-0.3, -0.25) is 0 Å². The van der Waals surface area contributed by atoms with Crippen molar-refractivity contribution >= 4 is 0 Å². The van der Waals surface area contributed by atoms with Gasteiger partial charge in [0.05, 0.1) is 11.6 Å². The van der Waals surface area contributed by atoms with E-state index in [9.17, 15) is 5.11 Å². The van der Waals surface area contributed by atoms with Gasteiger partial charge in [0.1, 0.15) is 5.60 Å². The van der Waals surface area contributed by atoms with Crippen LogP contribution in [-0.4, -0.2) is 5.11 Å². The lowest BCUT2D eigenvalue weighted by atomic mass is 9.85. The average molecular weight is 251 g/mol. The predicted octanol–water partition coefficient (Wildman–Crippen LogP) is 3.43. The summed E-state index contributed by atoms with van der Waals surface area (Å²) in [5.74, 6) is 0. The van der Waals surface area contributed by atoms with Crippen LogP contribution in [0, 0.1) is 25.2 Å². The van der Waals surface area contributed by atoms with Gasteiger partial charge in [-0.05, 0) is 49.6 Å². The highest BCUT2D eigenvalue weighted by atomic mass is 16.3. The Morgan fingerprint density at radius 2 is 1.68 bits per heavy atom. The molecule has 1 unspecified atom stereocenters. The smallest absolute Gasteiger partial charge is 0.112 e. The summed E-state index contributed by atoms with van der Waals surface area (Å²) in [5, 5.41) is 19.6. The van der Waals surface area contributed by atoms with Crippen LogP contribution in [0.5, 0.6) is 0 Å². The minimum absolute atomic E-state index is 0.597. The molecule has 0 saturated carbocycles. The van der Waals surface area contributed by atoms with E-state index in [4.69, 9.17) is 5.26 Å². The fraction of sp³-hybridized carbons (Fsp3) is 0.235. The first-order valence-electron chi connectivity index (χ1n) is 6.26. The number of nitriles is 1. The number of aliphatic hydroxyl groups is 1. The maximum Gasteiger partial charge on any atom is 0.112 e. The first-order chi connectivity index (χ1) is 8.95. The van der Waals surface area contributed by atoms with Crippen LogP contribution in [0.4, 0.5) is 0 Å². The molecule has 2 aromatic carbocycles. The van der Waals surface area contributed by atoms with Crippen LogP contribution in [0.15, 0.2) is 42.5 Å². The number of rotatable bonds is 2. The van der Waals surface area contributed by atoms with E-state index in [1.807, 2.05) is 26.0 Å². The minimum Gasteiger partial charge on any atom is -0.381 e. The maximum absolute atomic E-state index is 10.8. The van der Waals surface area contributed by atoms with E-state index in [1.54, 1.807) is 31.2 Å². The number of nitrogens with zero attached hydrogens (tertiary/aromatic N) is 1. The molecule has 0 bridgehead atoms. The monoisotopic (exact) mass is 251 g/mol. The van der Waals surface area contributed by atoms with Crippen LogP contribution < -0.4 is 0 Å². The molecule has 0 saturated heterocycles. The van der Waals surface area contributed by atoms with Gasteiger partial charge >= 0.3 is 0 Å². The highest BCUT2D eigenvalue weighted by Gasteiger charge is 2.27. The van der Waals surface area contributed by atoms with Gasteiger partial charge < -0.3 is 5.11 Å². The Kier molecular flexibility index (Phi) is 3.42. The third kappa shape index (κ3) is 2.52. The van der Waals surface area contributed by atoms with Crippen LogP contribution in [-0.2, 0) is 5.60 Å². The van der Waals surface area contributed by atoms with Crippen molar-refractivity contribution in [3.8, 4) is 6.07 Å². The Balaban J connectivity index is 2.48. The molecular formula is C17H17NO. The number of aryl methyl sites for hydroxylation is 2. The van der Waals surface area contributed by atoms with E-state index in [-0.39, 0.29) is 0 Å². The fourth-order valence-electron chi connectivity index (χ4n) is 2.38. The fourth-order valence-corrected chi connectivity index (χ4v) is 2.38. The standard InChI is InChI=1S/C17H17NO/c1-12-4-9-16(13(2)10-12)17(3,19)15-7-5-14(11-18)6-8-15/h4-10,19H,1-3H3. The Morgan fingerprint density at radius 3 is 2.21 bits per heavy atom. The topological polar surface area (TPSA) is 44.0 Å². The minimum atomic E-state index is -1.05. The van der Waals surface area contributed by atoms with Crippen LogP contribution in [0.2, 0.25) is 0 Å². The van der Waals surface area contributed by atoms with Gasteiger partial charge in [-0.2, -0.15) is 5.26 Å². The van der Waals surface area contributed by atoms with Crippen LogP contribution in [0.1, 0.15) is 34.7 Å². The number of hydrogen-bond donors (Lipinski definition) is 1. The Bertz CT molecular complexity index is 633. The maximum atomic E-state index is 10.8. The van der Waals surface area contributed by atoms with E-state index in [0.717, 1.165) is 16.7 Å². The van der Waals surface area contributed by atoms with Crippen molar-refractivity contribution in [2.24, 2.45) is 0 Å². The molecule has 2 aromatic rings. The Morgan fingerprint density at radius 1 is 1.05 bits per heavy atom. The highest BCUT2D eigenvalue weighted by molar-refractivity contribution is 5.43. The summed E-state index contributed by atoms with van der Waals surface area (Å²) in [6, 6.07) is 15.2. The zero-order valence-corrected chi connectivity index (χ0v) is 11.4. The number of benzene rings is 2. The molecular weight excluding hydrogens is 234 g/mol. The van der Waals surface area contributed by atoms with Crippen molar-refractivity contribution < 1.29 is 5.11 Å². The van der Waals surface area contributed by atoms with Crippen molar-refractivity contribution in [1.29, 1.82) is 5.26 Å². The quantitative estimate of drug-likeness (QED) is 0.888. The second kappa shape index (κ2) is 4.87. The lowest BCUT2D eigenvalue weighted by molar-refractivity contribution is 0.101. The van der Waals surface area contributed by atoms with Crippen molar-refractivity contribution in [1.82, 2.24) is 0 Å². The van der Waals surface area contributed by atoms with Gasteiger partial charge in [-0.1, -0.05) is 35.9 Å². The van der Waals surface area contributed by atoms with E-state index >= 15 is 0 Å². The van der Waals surface area contributed by atoms with Gasteiger partial charge in [0.2, 0.25) is 0 Å². The molecule has 0 amide bonds. The second-order valence-electron chi connectivity index (χ2n) is 5.08.